The van der Waals surface area contributed by atoms with Crippen molar-refractivity contribution in [2.45, 2.75) is 26.9 Å². The monoisotopic (exact) mass is 370 g/mol. The average molecular weight is 370 g/mol. The Morgan fingerprint density at radius 3 is 2.00 bits per heavy atom. The third-order valence-electron chi connectivity index (χ3n) is 4.57. The fourth-order valence-electron chi connectivity index (χ4n) is 3.16. The van der Waals surface area contributed by atoms with Crippen molar-refractivity contribution < 1.29 is 29.8 Å². The molecule has 4 heteroatoms. The van der Waals surface area contributed by atoms with Crippen LogP contribution in [0.2, 0.25) is 0 Å². The predicted molar refractivity (Wildman–Crippen MR) is 112 cm³/mol. The second kappa shape index (κ2) is 9.38. The molecule has 2 nitrogen and oxygen atoms in total. The maximum atomic E-state index is 13.5. The SMILES string of the molecule is Cc1ccccc1C(Oc1ccc(P)cc1)C(=O)c1c(C)cccc1C.[H-].[Li+]. The van der Waals surface area contributed by atoms with E-state index in [4.69, 9.17) is 4.74 Å². The van der Waals surface area contributed by atoms with Crippen LogP contribution in [0.3, 0.4) is 0 Å². The fourth-order valence-corrected chi connectivity index (χ4v) is 3.35. The molecule has 0 saturated carbocycles. The molecule has 0 bridgehead atoms. The summed E-state index contributed by atoms with van der Waals surface area (Å²) in [6.45, 7) is 5.95. The summed E-state index contributed by atoms with van der Waals surface area (Å²) >= 11 is 0. The van der Waals surface area contributed by atoms with Crippen molar-refractivity contribution in [1.82, 2.24) is 0 Å². The van der Waals surface area contributed by atoms with Crippen LogP contribution < -0.4 is 28.9 Å². The van der Waals surface area contributed by atoms with Gasteiger partial charge in [-0.25, -0.2) is 0 Å². The van der Waals surface area contributed by atoms with E-state index in [2.05, 4.69) is 9.24 Å². The first-order chi connectivity index (χ1) is 12.5. The summed E-state index contributed by atoms with van der Waals surface area (Å²) in [5.41, 5.74) is 4.62. The quantitative estimate of drug-likeness (QED) is 0.391. The Labute approximate surface area is 177 Å². The van der Waals surface area contributed by atoms with Gasteiger partial charge in [-0.05, 0) is 54.9 Å². The molecule has 27 heavy (non-hydrogen) atoms. The molecule has 0 N–H and O–H groups in total. The van der Waals surface area contributed by atoms with Crippen molar-refractivity contribution in [2.75, 3.05) is 0 Å². The standard InChI is InChI=1S/C23H23O2P.Li.H/c1-15-7-4-5-10-20(15)23(25-18-11-13-19(26)14-12-18)22(24)21-16(2)8-6-9-17(21)3;;/h4-14,23H,26H2,1-3H3;;/q;+1;-1. The molecule has 0 aliphatic rings. The number of benzene rings is 3. The van der Waals surface area contributed by atoms with Crippen LogP contribution in [0.1, 0.15) is 40.1 Å². The van der Waals surface area contributed by atoms with Crippen molar-refractivity contribution >= 4 is 20.3 Å². The maximum absolute atomic E-state index is 13.5. The molecule has 2 atom stereocenters. The van der Waals surface area contributed by atoms with Crippen LogP contribution in [-0.2, 0) is 0 Å². The van der Waals surface area contributed by atoms with Gasteiger partial charge in [0.25, 0.3) is 0 Å². The van der Waals surface area contributed by atoms with Crippen LogP contribution >= 0.6 is 9.24 Å². The van der Waals surface area contributed by atoms with Crippen LogP contribution in [0.4, 0.5) is 0 Å². The minimum absolute atomic E-state index is 0. The number of rotatable bonds is 5. The Morgan fingerprint density at radius 2 is 1.41 bits per heavy atom. The number of carbonyl (C=O) groups is 1. The Hall–Kier alpha value is -1.84. The first kappa shape index (κ1) is 21.5. The minimum Gasteiger partial charge on any atom is -1.00 e. The van der Waals surface area contributed by atoms with Crippen LogP contribution in [0.5, 0.6) is 5.75 Å². The van der Waals surface area contributed by atoms with E-state index >= 15 is 0 Å². The van der Waals surface area contributed by atoms with Crippen molar-refractivity contribution in [3.05, 3.63) is 94.5 Å². The van der Waals surface area contributed by atoms with E-state index in [1.165, 1.54) is 0 Å². The Bertz CT molecular complexity index is 921. The molecule has 134 valence electrons. The number of ether oxygens (including phenoxy) is 1. The summed E-state index contributed by atoms with van der Waals surface area (Å²) in [4.78, 5) is 13.5. The largest absolute Gasteiger partial charge is 1.00 e. The third-order valence-corrected chi connectivity index (χ3v) is 4.96. The number of hydrogen-bond donors (Lipinski definition) is 0. The van der Waals surface area contributed by atoms with Crippen LogP contribution in [0.25, 0.3) is 0 Å². The van der Waals surface area contributed by atoms with Gasteiger partial charge >= 0.3 is 18.9 Å². The molecule has 0 aliphatic heterocycles. The van der Waals surface area contributed by atoms with E-state index in [0.717, 1.165) is 33.1 Å². The Morgan fingerprint density at radius 1 is 0.852 bits per heavy atom. The number of ketones is 1. The number of aryl methyl sites for hydroxylation is 3. The second-order valence-electron chi connectivity index (χ2n) is 6.55. The molecule has 0 saturated heterocycles. The van der Waals surface area contributed by atoms with Gasteiger partial charge in [0.05, 0.1) is 0 Å². The minimum atomic E-state index is -0.675. The topological polar surface area (TPSA) is 26.3 Å². The molecular formula is C23H24LiO2P. The van der Waals surface area contributed by atoms with Gasteiger partial charge in [0.15, 0.2) is 6.10 Å². The smallest absolute Gasteiger partial charge is 1.00 e. The van der Waals surface area contributed by atoms with Gasteiger partial charge in [-0.15, -0.1) is 9.24 Å². The molecule has 0 fully saturated rings. The van der Waals surface area contributed by atoms with E-state index in [-0.39, 0.29) is 26.1 Å². The van der Waals surface area contributed by atoms with Gasteiger partial charge in [-0.2, -0.15) is 0 Å². The van der Waals surface area contributed by atoms with Crippen molar-refractivity contribution in [3.8, 4) is 5.75 Å². The molecule has 2 unspecified atom stereocenters. The van der Waals surface area contributed by atoms with Gasteiger partial charge in [0.2, 0.25) is 5.78 Å². The van der Waals surface area contributed by atoms with E-state index in [9.17, 15) is 4.79 Å². The van der Waals surface area contributed by atoms with Gasteiger partial charge < -0.3 is 6.16 Å². The molecule has 0 radical (unpaired) electrons. The van der Waals surface area contributed by atoms with E-state index in [1.807, 2.05) is 87.5 Å². The second-order valence-corrected chi connectivity index (χ2v) is 7.22. The summed E-state index contributed by atoms with van der Waals surface area (Å²) in [5, 5.41) is 1.07. The zero-order chi connectivity index (χ0) is 18.7. The fraction of sp³-hybridized carbons (Fsp3) is 0.174. The zero-order valence-corrected chi connectivity index (χ0v) is 17.5. The van der Waals surface area contributed by atoms with Crippen molar-refractivity contribution in [3.63, 3.8) is 0 Å². The summed E-state index contributed by atoms with van der Waals surface area (Å²) in [6.07, 6.45) is -0.675. The normalized spacial score (nSPS) is 11.4. The van der Waals surface area contributed by atoms with Crippen LogP contribution in [-0.4, -0.2) is 5.78 Å². The molecule has 3 aromatic rings. The van der Waals surface area contributed by atoms with E-state index in [1.54, 1.807) is 0 Å². The van der Waals surface area contributed by atoms with E-state index < -0.39 is 6.10 Å². The number of hydrogen-bond acceptors (Lipinski definition) is 2. The van der Waals surface area contributed by atoms with Gasteiger partial charge in [-0.1, -0.05) is 54.6 Å². The first-order valence-electron chi connectivity index (χ1n) is 8.65. The molecule has 3 aromatic carbocycles. The van der Waals surface area contributed by atoms with Crippen molar-refractivity contribution in [2.24, 2.45) is 0 Å². The van der Waals surface area contributed by atoms with Gasteiger partial charge in [-0.3, -0.25) is 4.79 Å². The van der Waals surface area contributed by atoms with E-state index in [0.29, 0.717) is 5.75 Å². The van der Waals surface area contributed by atoms with Gasteiger partial charge in [0, 0.05) is 11.1 Å². The Kier molecular flexibility index (Phi) is 7.46. The predicted octanol–water partition coefficient (Wildman–Crippen LogP) is 2.23. The molecule has 0 aromatic heterocycles. The summed E-state index contributed by atoms with van der Waals surface area (Å²) < 4.78 is 6.20. The molecule has 0 spiro atoms. The van der Waals surface area contributed by atoms with Crippen molar-refractivity contribution in [1.29, 1.82) is 0 Å². The average Bonchev–Trinajstić information content (AvgIpc) is 2.62. The molecular weight excluding hydrogens is 346 g/mol. The molecule has 0 aliphatic carbocycles. The first-order valence-corrected chi connectivity index (χ1v) is 9.23. The summed E-state index contributed by atoms with van der Waals surface area (Å²) in [6, 6.07) is 21.5. The molecule has 0 amide bonds. The number of Topliss-reactive ketones (excluding diaryl/α,β-unsaturated/α-hetero) is 1. The molecule has 3 rings (SSSR count). The Balaban J connectivity index is 0.00000196. The van der Waals surface area contributed by atoms with Crippen LogP contribution in [0, 0.1) is 20.8 Å². The maximum Gasteiger partial charge on any atom is 1.00 e. The summed E-state index contributed by atoms with van der Waals surface area (Å²) in [7, 11) is 2.65. The zero-order valence-electron chi connectivity index (χ0n) is 17.3. The number of carbonyl (C=O) groups excluding carboxylic acids is 1. The molecule has 0 heterocycles. The summed E-state index contributed by atoms with van der Waals surface area (Å²) in [5.74, 6) is 0.675. The van der Waals surface area contributed by atoms with Crippen LogP contribution in [0.15, 0.2) is 66.7 Å². The van der Waals surface area contributed by atoms with Gasteiger partial charge in [0.1, 0.15) is 5.75 Å². The third kappa shape index (κ3) is 4.91.